The van der Waals surface area contributed by atoms with E-state index in [0.717, 1.165) is 37.1 Å². The molecule has 1 aliphatic carbocycles. The SMILES string of the molecule is O=C(Nc1ccc(Nc2cccc(Cl)c2)nc1)C1CCCCC1. The number of aromatic nitrogens is 1. The molecular weight excluding hydrogens is 310 g/mol. The van der Waals surface area contributed by atoms with Gasteiger partial charge in [-0.05, 0) is 43.2 Å². The summed E-state index contributed by atoms with van der Waals surface area (Å²) in [6.07, 6.45) is 7.21. The molecule has 0 spiro atoms. The predicted molar refractivity (Wildman–Crippen MR) is 94.2 cm³/mol. The Balaban J connectivity index is 1.59. The van der Waals surface area contributed by atoms with Crippen molar-refractivity contribution in [1.29, 1.82) is 0 Å². The molecule has 120 valence electrons. The van der Waals surface area contributed by atoms with Crippen molar-refractivity contribution in [2.45, 2.75) is 32.1 Å². The average molecular weight is 330 g/mol. The Labute approximate surface area is 141 Å². The van der Waals surface area contributed by atoms with Crippen LogP contribution in [-0.4, -0.2) is 10.9 Å². The molecule has 1 saturated carbocycles. The van der Waals surface area contributed by atoms with Gasteiger partial charge < -0.3 is 10.6 Å². The highest BCUT2D eigenvalue weighted by atomic mass is 35.5. The van der Waals surface area contributed by atoms with Gasteiger partial charge in [0.2, 0.25) is 5.91 Å². The molecule has 1 fully saturated rings. The summed E-state index contributed by atoms with van der Waals surface area (Å²) >= 11 is 5.96. The van der Waals surface area contributed by atoms with E-state index in [4.69, 9.17) is 11.6 Å². The number of hydrogen-bond donors (Lipinski definition) is 2. The molecule has 0 radical (unpaired) electrons. The molecule has 23 heavy (non-hydrogen) atoms. The minimum Gasteiger partial charge on any atom is -0.340 e. The van der Waals surface area contributed by atoms with E-state index in [0.29, 0.717) is 10.8 Å². The van der Waals surface area contributed by atoms with E-state index in [1.807, 2.05) is 36.4 Å². The minimum absolute atomic E-state index is 0.113. The topological polar surface area (TPSA) is 54.0 Å². The van der Waals surface area contributed by atoms with Crippen LogP contribution in [0.4, 0.5) is 17.2 Å². The van der Waals surface area contributed by atoms with Crippen molar-refractivity contribution in [2.75, 3.05) is 10.6 Å². The largest absolute Gasteiger partial charge is 0.340 e. The monoisotopic (exact) mass is 329 g/mol. The lowest BCUT2D eigenvalue weighted by Crippen LogP contribution is -2.24. The standard InChI is InChI=1S/C18H20ClN3O/c19-14-7-4-8-15(11-14)21-17-10-9-16(12-20-17)22-18(23)13-5-2-1-3-6-13/h4,7-13H,1-3,5-6H2,(H,20,21)(H,22,23). The zero-order chi connectivity index (χ0) is 16.1. The van der Waals surface area contributed by atoms with Crippen LogP contribution in [0.2, 0.25) is 5.02 Å². The summed E-state index contributed by atoms with van der Waals surface area (Å²) in [5.74, 6) is 0.970. The maximum absolute atomic E-state index is 12.2. The van der Waals surface area contributed by atoms with Crippen LogP contribution in [0, 0.1) is 5.92 Å². The Morgan fingerprint density at radius 3 is 2.61 bits per heavy atom. The lowest BCUT2D eigenvalue weighted by Gasteiger charge is -2.20. The smallest absolute Gasteiger partial charge is 0.227 e. The van der Waals surface area contributed by atoms with Gasteiger partial charge in [0, 0.05) is 16.6 Å². The van der Waals surface area contributed by atoms with Crippen molar-refractivity contribution < 1.29 is 4.79 Å². The van der Waals surface area contributed by atoms with Gasteiger partial charge in [0.15, 0.2) is 0 Å². The summed E-state index contributed by atoms with van der Waals surface area (Å²) < 4.78 is 0. The molecule has 5 heteroatoms. The number of halogens is 1. The molecule has 1 amide bonds. The second-order valence-corrected chi connectivity index (χ2v) is 6.33. The third kappa shape index (κ3) is 4.45. The molecule has 0 saturated heterocycles. The summed E-state index contributed by atoms with van der Waals surface area (Å²) in [5, 5.41) is 6.81. The second kappa shape index (κ2) is 7.47. The molecule has 4 nitrogen and oxygen atoms in total. The van der Waals surface area contributed by atoms with Crippen LogP contribution < -0.4 is 10.6 Å². The normalized spacial score (nSPS) is 15.2. The van der Waals surface area contributed by atoms with Crippen LogP contribution in [0.5, 0.6) is 0 Å². The molecule has 0 aliphatic heterocycles. The minimum atomic E-state index is 0.113. The Kier molecular flexibility index (Phi) is 5.13. The van der Waals surface area contributed by atoms with Crippen LogP contribution in [0.3, 0.4) is 0 Å². The van der Waals surface area contributed by atoms with Crippen LogP contribution in [-0.2, 0) is 4.79 Å². The first-order valence-electron chi connectivity index (χ1n) is 8.00. The molecule has 3 rings (SSSR count). The van der Waals surface area contributed by atoms with Crippen molar-refractivity contribution in [2.24, 2.45) is 5.92 Å². The van der Waals surface area contributed by atoms with Gasteiger partial charge in [-0.25, -0.2) is 4.98 Å². The van der Waals surface area contributed by atoms with Gasteiger partial charge in [-0.3, -0.25) is 4.79 Å². The van der Waals surface area contributed by atoms with Gasteiger partial charge in [-0.1, -0.05) is 36.9 Å². The summed E-state index contributed by atoms with van der Waals surface area (Å²) in [6, 6.07) is 11.2. The van der Waals surface area contributed by atoms with Gasteiger partial charge >= 0.3 is 0 Å². The molecular formula is C18H20ClN3O. The van der Waals surface area contributed by atoms with Crippen molar-refractivity contribution in [1.82, 2.24) is 4.98 Å². The van der Waals surface area contributed by atoms with Gasteiger partial charge in [0.05, 0.1) is 11.9 Å². The number of carbonyl (C=O) groups excluding carboxylic acids is 1. The average Bonchev–Trinajstić information content (AvgIpc) is 2.57. The number of benzene rings is 1. The van der Waals surface area contributed by atoms with Crippen molar-refractivity contribution >= 4 is 34.7 Å². The van der Waals surface area contributed by atoms with E-state index in [9.17, 15) is 4.79 Å². The molecule has 1 aliphatic rings. The maximum atomic E-state index is 12.2. The Morgan fingerprint density at radius 2 is 1.91 bits per heavy atom. The maximum Gasteiger partial charge on any atom is 0.227 e. The summed E-state index contributed by atoms with van der Waals surface area (Å²) in [4.78, 5) is 16.5. The van der Waals surface area contributed by atoms with Gasteiger partial charge in [0.1, 0.15) is 5.82 Å². The first-order valence-corrected chi connectivity index (χ1v) is 8.38. The Bertz CT molecular complexity index is 666. The molecule has 1 aromatic heterocycles. The quantitative estimate of drug-likeness (QED) is 0.830. The number of rotatable bonds is 4. The van der Waals surface area contributed by atoms with Crippen LogP contribution in [0.25, 0.3) is 0 Å². The Hall–Kier alpha value is -2.07. The predicted octanol–water partition coefficient (Wildman–Crippen LogP) is 5.00. The molecule has 2 aromatic rings. The summed E-state index contributed by atoms with van der Waals surface area (Å²) in [7, 11) is 0. The highest BCUT2D eigenvalue weighted by molar-refractivity contribution is 6.30. The number of amides is 1. The lowest BCUT2D eigenvalue weighted by molar-refractivity contribution is -0.120. The van der Waals surface area contributed by atoms with Crippen LogP contribution >= 0.6 is 11.6 Å². The molecule has 0 atom stereocenters. The van der Waals surface area contributed by atoms with Gasteiger partial charge in [0.25, 0.3) is 0 Å². The van der Waals surface area contributed by atoms with E-state index in [-0.39, 0.29) is 11.8 Å². The molecule has 2 N–H and O–H groups in total. The number of nitrogens with one attached hydrogen (secondary N) is 2. The van der Waals surface area contributed by atoms with E-state index in [1.54, 1.807) is 6.20 Å². The van der Waals surface area contributed by atoms with Crippen LogP contribution in [0.15, 0.2) is 42.6 Å². The zero-order valence-corrected chi connectivity index (χ0v) is 13.6. The van der Waals surface area contributed by atoms with Crippen molar-refractivity contribution in [3.63, 3.8) is 0 Å². The second-order valence-electron chi connectivity index (χ2n) is 5.89. The highest BCUT2D eigenvalue weighted by Crippen LogP contribution is 2.25. The fourth-order valence-corrected chi connectivity index (χ4v) is 3.06. The third-order valence-electron chi connectivity index (χ3n) is 4.10. The van der Waals surface area contributed by atoms with E-state index < -0.39 is 0 Å². The number of anilines is 3. The highest BCUT2D eigenvalue weighted by Gasteiger charge is 2.20. The lowest BCUT2D eigenvalue weighted by atomic mass is 9.88. The number of pyridine rings is 1. The van der Waals surface area contributed by atoms with E-state index in [1.165, 1.54) is 6.42 Å². The van der Waals surface area contributed by atoms with Crippen LogP contribution in [0.1, 0.15) is 32.1 Å². The molecule has 1 aromatic carbocycles. The van der Waals surface area contributed by atoms with E-state index in [2.05, 4.69) is 15.6 Å². The molecule has 1 heterocycles. The summed E-state index contributed by atoms with van der Waals surface area (Å²) in [5.41, 5.74) is 1.61. The zero-order valence-electron chi connectivity index (χ0n) is 12.9. The number of carbonyl (C=O) groups is 1. The Morgan fingerprint density at radius 1 is 1.09 bits per heavy atom. The fraction of sp³-hybridized carbons (Fsp3) is 0.333. The van der Waals surface area contributed by atoms with E-state index >= 15 is 0 Å². The van der Waals surface area contributed by atoms with Crippen molar-refractivity contribution in [3.05, 3.63) is 47.6 Å². The number of nitrogens with zero attached hydrogens (tertiary/aromatic N) is 1. The summed E-state index contributed by atoms with van der Waals surface area (Å²) in [6.45, 7) is 0. The van der Waals surface area contributed by atoms with Gasteiger partial charge in [-0.2, -0.15) is 0 Å². The molecule has 0 bridgehead atoms. The van der Waals surface area contributed by atoms with Crippen molar-refractivity contribution in [3.8, 4) is 0 Å². The fourth-order valence-electron chi connectivity index (χ4n) is 2.86. The first-order chi connectivity index (χ1) is 11.2. The number of hydrogen-bond acceptors (Lipinski definition) is 3. The first kappa shape index (κ1) is 15.8. The third-order valence-corrected chi connectivity index (χ3v) is 4.34. The van der Waals surface area contributed by atoms with Gasteiger partial charge in [-0.15, -0.1) is 0 Å². The molecule has 0 unspecified atom stereocenters.